The number of halogens is 2. The number of nitrogens with zero attached hydrogens (tertiary/aromatic N) is 2. The SMILES string of the molecule is Cc1c(Cl)cccc1N1C(=O)C(c2ccc(Cl)cc2)=C(N2CC(C)OC(C)C2)C1=O. The Balaban J connectivity index is 1.86. The summed E-state index contributed by atoms with van der Waals surface area (Å²) in [6.07, 6.45) is -0.116. The molecule has 0 aliphatic carbocycles. The third-order valence-corrected chi connectivity index (χ3v) is 6.07. The minimum atomic E-state index is -0.366. The number of amides is 2. The van der Waals surface area contributed by atoms with Crippen molar-refractivity contribution in [3.05, 3.63) is 69.3 Å². The van der Waals surface area contributed by atoms with E-state index in [1.54, 1.807) is 49.4 Å². The summed E-state index contributed by atoms with van der Waals surface area (Å²) in [7, 11) is 0. The van der Waals surface area contributed by atoms with Crippen LogP contribution in [0.4, 0.5) is 5.69 Å². The number of hydrogen-bond donors (Lipinski definition) is 0. The van der Waals surface area contributed by atoms with E-state index in [1.807, 2.05) is 18.7 Å². The second kappa shape index (κ2) is 8.06. The summed E-state index contributed by atoms with van der Waals surface area (Å²) in [5, 5.41) is 1.07. The molecule has 0 N–H and O–H groups in total. The molecule has 0 spiro atoms. The molecule has 1 saturated heterocycles. The van der Waals surface area contributed by atoms with Gasteiger partial charge in [0.25, 0.3) is 11.8 Å². The van der Waals surface area contributed by atoms with Crippen molar-refractivity contribution in [2.45, 2.75) is 33.0 Å². The maximum atomic E-state index is 13.6. The van der Waals surface area contributed by atoms with Crippen LogP contribution in [-0.2, 0) is 14.3 Å². The first-order chi connectivity index (χ1) is 14.3. The van der Waals surface area contributed by atoms with Crippen LogP contribution in [0.1, 0.15) is 25.0 Å². The summed E-state index contributed by atoms with van der Waals surface area (Å²) >= 11 is 12.3. The fourth-order valence-corrected chi connectivity index (χ4v) is 4.40. The number of benzene rings is 2. The van der Waals surface area contributed by atoms with Gasteiger partial charge in [-0.1, -0.05) is 41.4 Å². The highest BCUT2D eigenvalue weighted by molar-refractivity contribution is 6.46. The average Bonchev–Trinajstić information content (AvgIpc) is 2.94. The van der Waals surface area contributed by atoms with Gasteiger partial charge in [-0.25, -0.2) is 4.90 Å². The molecule has 4 rings (SSSR count). The molecule has 0 radical (unpaired) electrons. The molecule has 0 saturated carbocycles. The Bertz CT molecular complexity index is 1040. The molecular formula is C23H22Cl2N2O3. The number of morpholine rings is 1. The first-order valence-corrected chi connectivity index (χ1v) is 10.6. The minimum absolute atomic E-state index is 0.0578. The number of carbonyl (C=O) groups is 2. The number of anilines is 1. The number of rotatable bonds is 3. The molecule has 2 aromatic carbocycles. The van der Waals surface area contributed by atoms with Crippen LogP contribution < -0.4 is 4.90 Å². The van der Waals surface area contributed by atoms with E-state index in [1.165, 1.54) is 4.90 Å². The first kappa shape index (κ1) is 20.9. The molecule has 2 atom stereocenters. The van der Waals surface area contributed by atoms with Crippen LogP contribution in [0.5, 0.6) is 0 Å². The second-order valence-electron chi connectivity index (χ2n) is 7.72. The van der Waals surface area contributed by atoms with E-state index in [2.05, 4.69) is 0 Å². The van der Waals surface area contributed by atoms with Crippen molar-refractivity contribution in [2.75, 3.05) is 18.0 Å². The fourth-order valence-electron chi connectivity index (χ4n) is 4.11. The van der Waals surface area contributed by atoms with Crippen LogP contribution in [0.2, 0.25) is 10.0 Å². The van der Waals surface area contributed by atoms with Crippen LogP contribution in [0.25, 0.3) is 5.57 Å². The van der Waals surface area contributed by atoms with Gasteiger partial charge in [0.2, 0.25) is 0 Å². The molecule has 2 aliphatic rings. The highest BCUT2D eigenvalue weighted by Crippen LogP contribution is 2.38. The van der Waals surface area contributed by atoms with Gasteiger partial charge in [0.15, 0.2) is 0 Å². The summed E-state index contributed by atoms with van der Waals surface area (Å²) in [6, 6.07) is 12.2. The average molecular weight is 445 g/mol. The van der Waals surface area contributed by atoms with Crippen LogP contribution >= 0.6 is 23.2 Å². The standard InChI is InChI=1S/C23H22Cl2N2O3/c1-13-11-26(12-14(2)30-13)21-20(16-7-9-17(24)10-8-16)22(28)27(23(21)29)19-6-4-5-18(25)15(19)3/h4-10,13-14H,11-12H2,1-3H3. The molecule has 0 aromatic heterocycles. The maximum absolute atomic E-state index is 13.6. The van der Waals surface area contributed by atoms with Gasteiger partial charge in [0, 0.05) is 23.1 Å². The zero-order valence-electron chi connectivity index (χ0n) is 17.0. The molecule has 2 heterocycles. The lowest BCUT2D eigenvalue weighted by atomic mass is 10.0. The van der Waals surface area contributed by atoms with E-state index in [0.29, 0.717) is 51.2 Å². The second-order valence-corrected chi connectivity index (χ2v) is 8.57. The summed E-state index contributed by atoms with van der Waals surface area (Å²) in [4.78, 5) is 30.4. The smallest absolute Gasteiger partial charge is 0.282 e. The topological polar surface area (TPSA) is 49.9 Å². The van der Waals surface area contributed by atoms with Gasteiger partial charge in [-0.3, -0.25) is 9.59 Å². The van der Waals surface area contributed by atoms with Crippen molar-refractivity contribution in [3.63, 3.8) is 0 Å². The number of carbonyl (C=O) groups excluding carboxylic acids is 2. The van der Waals surface area contributed by atoms with Crippen molar-refractivity contribution in [1.82, 2.24) is 4.90 Å². The zero-order chi connectivity index (χ0) is 21.6. The summed E-state index contributed by atoms with van der Waals surface area (Å²) in [5.41, 5.74) is 2.59. The van der Waals surface area contributed by atoms with Gasteiger partial charge in [-0.15, -0.1) is 0 Å². The molecule has 1 fully saturated rings. The molecule has 2 aliphatic heterocycles. The molecule has 156 valence electrons. The van der Waals surface area contributed by atoms with E-state index in [9.17, 15) is 9.59 Å². The third-order valence-electron chi connectivity index (χ3n) is 5.41. The zero-order valence-corrected chi connectivity index (χ0v) is 18.5. The van der Waals surface area contributed by atoms with Gasteiger partial charge in [0.1, 0.15) is 5.70 Å². The lowest BCUT2D eigenvalue weighted by Gasteiger charge is -2.37. The summed E-state index contributed by atoms with van der Waals surface area (Å²) < 4.78 is 5.83. The van der Waals surface area contributed by atoms with Crippen LogP contribution in [0.15, 0.2) is 48.2 Å². The van der Waals surface area contributed by atoms with Gasteiger partial charge >= 0.3 is 0 Å². The Morgan fingerprint density at radius 1 is 0.933 bits per heavy atom. The minimum Gasteiger partial charge on any atom is -0.372 e. The number of ether oxygens (including phenoxy) is 1. The molecule has 30 heavy (non-hydrogen) atoms. The maximum Gasteiger partial charge on any atom is 0.282 e. The van der Waals surface area contributed by atoms with Crippen molar-refractivity contribution >= 4 is 46.3 Å². The van der Waals surface area contributed by atoms with Gasteiger partial charge in [-0.05, 0) is 56.2 Å². The fraction of sp³-hybridized carbons (Fsp3) is 0.304. The van der Waals surface area contributed by atoms with E-state index in [4.69, 9.17) is 27.9 Å². The molecule has 2 unspecified atom stereocenters. The lowest BCUT2D eigenvalue weighted by Crippen LogP contribution is -2.47. The number of hydrogen-bond acceptors (Lipinski definition) is 4. The van der Waals surface area contributed by atoms with E-state index in [-0.39, 0.29) is 24.0 Å². The monoisotopic (exact) mass is 444 g/mol. The van der Waals surface area contributed by atoms with Crippen molar-refractivity contribution in [2.24, 2.45) is 0 Å². The van der Waals surface area contributed by atoms with Crippen LogP contribution in [0, 0.1) is 6.92 Å². The van der Waals surface area contributed by atoms with E-state index < -0.39 is 0 Å². The molecule has 2 aromatic rings. The highest BCUT2D eigenvalue weighted by atomic mass is 35.5. The lowest BCUT2D eigenvalue weighted by molar-refractivity contribution is -0.121. The van der Waals surface area contributed by atoms with Crippen LogP contribution in [0.3, 0.4) is 0 Å². The largest absolute Gasteiger partial charge is 0.372 e. The molecule has 5 nitrogen and oxygen atoms in total. The molecule has 7 heteroatoms. The Kier molecular flexibility index (Phi) is 5.62. The number of imide groups is 1. The Hall–Kier alpha value is -2.34. The normalized spacial score (nSPS) is 22.3. The molecule has 0 bridgehead atoms. The predicted molar refractivity (Wildman–Crippen MR) is 119 cm³/mol. The Morgan fingerprint density at radius 3 is 2.20 bits per heavy atom. The highest BCUT2D eigenvalue weighted by Gasteiger charge is 2.44. The van der Waals surface area contributed by atoms with Gasteiger partial charge in [-0.2, -0.15) is 0 Å². The quantitative estimate of drug-likeness (QED) is 0.643. The van der Waals surface area contributed by atoms with Crippen molar-refractivity contribution in [3.8, 4) is 0 Å². The van der Waals surface area contributed by atoms with Gasteiger partial charge in [0.05, 0.1) is 23.5 Å². The third kappa shape index (κ3) is 3.62. The van der Waals surface area contributed by atoms with E-state index >= 15 is 0 Å². The summed E-state index contributed by atoms with van der Waals surface area (Å²) in [5.74, 6) is -0.717. The van der Waals surface area contributed by atoms with Crippen LogP contribution in [-0.4, -0.2) is 42.0 Å². The van der Waals surface area contributed by atoms with E-state index in [0.717, 1.165) is 0 Å². The Morgan fingerprint density at radius 2 is 1.57 bits per heavy atom. The predicted octanol–water partition coefficient (Wildman–Crippen LogP) is 4.70. The van der Waals surface area contributed by atoms with Crippen molar-refractivity contribution in [1.29, 1.82) is 0 Å². The van der Waals surface area contributed by atoms with Crippen molar-refractivity contribution < 1.29 is 14.3 Å². The molecular weight excluding hydrogens is 423 g/mol. The Labute approximate surface area is 185 Å². The summed E-state index contributed by atoms with van der Waals surface area (Å²) in [6.45, 7) is 6.78. The van der Waals surface area contributed by atoms with Gasteiger partial charge < -0.3 is 9.64 Å². The molecule has 2 amide bonds. The first-order valence-electron chi connectivity index (χ1n) is 9.82.